The monoisotopic (exact) mass is 382 g/mol. The third kappa shape index (κ3) is 3.48. The zero-order chi connectivity index (χ0) is 18.4. The lowest BCUT2D eigenvalue weighted by Crippen LogP contribution is -2.28. The van der Waals surface area contributed by atoms with Crippen molar-refractivity contribution in [3.05, 3.63) is 41.9 Å². The summed E-state index contributed by atoms with van der Waals surface area (Å²) in [5.41, 5.74) is 0.841. The van der Waals surface area contributed by atoms with E-state index in [9.17, 15) is 4.79 Å². The van der Waals surface area contributed by atoms with Crippen LogP contribution in [0.3, 0.4) is 0 Å². The van der Waals surface area contributed by atoms with E-state index < -0.39 is 0 Å². The molecule has 0 unspecified atom stereocenters. The Balaban J connectivity index is 1.22. The molecule has 0 spiro atoms. The van der Waals surface area contributed by atoms with Gasteiger partial charge in [-0.05, 0) is 44.7 Å². The molecule has 0 bridgehead atoms. The number of hydrogen-bond acceptors (Lipinski definition) is 5. The second-order valence-electron chi connectivity index (χ2n) is 7.48. The Morgan fingerprint density at radius 2 is 2.11 bits per heavy atom. The Morgan fingerprint density at radius 1 is 1.30 bits per heavy atom. The molecule has 2 heterocycles. The second kappa shape index (κ2) is 6.71. The highest BCUT2D eigenvalue weighted by molar-refractivity contribution is 7.99. The number of benzene rings is 1. The van der Waals surface area contributed by atoms with Gasteiger partial charge in [0.2, 0.25) is 5.91 Å². The molecule has 1 N–H and O–H groups in total. The predicted octanol–water partition coefficient (Wildman–Crippen LogP) is 4.21. The third-order valence-corrected chi connectivity index (χ3v) is 6.07. The lowest BCUT2D eigenvalue weighted by Gasteiger charge is -2.11. The molecule has 5 rings (SSSR count). The van der Waals surface area contributed by atoms with Crippen molar-refractivity contribution in [1.82, 2.24) is 20.1 Å². The first-order chi connectivity index (χ1) is 13.2. The van der Waals surface area contributed by atoms with Crippen LogP contribution in [-0.4, -0.2) is 26.4 Å². The summed E-state index contributed by atoms with van der Waals surface area (Å²) in [5.74, 6) is 2.78. The van der Waals surface area contributed by atoms with Gasteiger partial charge in [0.1, 0.15) is 17.2 Å². The standard InChI is InChI=1S/C20H22N4O2S/c1-12(17-10-14-4-2-3-5-16(14)26-17)21-18(25)11-27-20-23-22-19(13-6-7-13)24(20)15-8-9-15/h2-5,10,12-13,15H,6-9,11H2,1H3,(H,21,25)/t12-/m1/s1. The first-order valence-corrected chi connectivity index (χ1v) is 10.5. The summed E-state index contributed by atoms with van der Waals surface area (Å²) in [6.45, 7) is 1.94. The van der Waals surface area contributed by atoms with Gasteiger partial charge in [-0.25, -0.2) is 0 Å². The van der Waals surface area contributed by atoms with Crippen molar-refractivity contribution in [2.24, 2.45) is 0 Å². The van der Waals surface area contributed by atoms with E-state index >= 15 is 0 Å². The molecule has 6 nitrogen and oxygen atoms in total. The maximum absolute atomic E-state index is 12.4. The maximum atomic E-state index is 12.4. The SMILES string of the molecule is C[C@@H](NC(=O)CSc1nnc(C2CC2)n1C1CC1)c1cc2ccccc2o1. The first kappa shape index (κ1) is 16.9. The molecule has 27 heavy (non-hydrogen) atoms. The fourth-order valence-electron chi connectivity index (χ4n) is 3.38. The molecule has 0 aliphatic heterocycles. The normalized spacial score (nSPS) is 18.0. The van der Waals surface area contributed by atoms with E-state index in [-0.39, 0.29) is 11.9 Å². The molecule has 0 radical (unpaired) electrons. The van der Waals surface area contributed by atoms with Gasteiger partial charge in [0.05, 0.1) is 11.8 Å². The number of carbonyl (C=O) groups excluding carboxylic acids is 1. The second-order valence-corrected chi connectivity index (χ2v) is 8.42. The molecule has 2 aliphatic rings. The van der Waals surface area contributed by atoms with E-state index in [0.717, 1.165) is 27.7 Å². The van der Waals surface area contributed by atoms with E-state index in [1.807, 2.05) is 37.3 Å². The minimum atomic E-state index is -0.172. The number of thioether (sulfide) groups is 1. The van der Waals surface area contributed by atoms with Gasteiger partial charge in [-0.15, -0.1) is 10.2 Å². The summed E-state index contributed by atoms with van der Waals surface area (Å²) in [5, 5.41) is 13.7. The van der Waals surface area contributed by atoms with Crippen molar-refractivity contribution in [3.8, 4) is 0 Å². The molecule has 7 heteroatoms. The van der Waals surface area contributed by atoms with Gasteiger partial charge in [0.15, 0.2) is 5.16 Å². The van der Waals surface area contributed by atoms with Gasteiger partial charge in [-0.1, -0.05) is 30.0 Å². The van der Waals surface area contributed by atoms with E-state index in [0.29, 0.717) is 17.7 Å². The van der Waals surface area contributed by atoms with Crippen molar-refractivity contribution >= 4 is 28.6 Å². The number of carbonyl (C=O) groups is 1. The average molecular weight is 382 g/mol. The van der Waals surface area contributed by atoms with Crippen LogP contribution in [0, 0.1) is 0 Å². The van der Waals surface area contributed by atoms with Crippen LogP contribution in [-0.2, 0) is 4.79 Å². The molecule has 2 saturated carbocycles. The third-order valence-electron chi connectivity index (χ3n) is 5.13. The van der Waals surface area contributed by atoms with Crippen molar-refractivity contribution in [3.63, 3.8) is 0 Å². The minimum Gasteiger partial charge on any atom is -0.459 e. The van der Waals surface area contributed by atoms with Crippen LogP contribution in [0.1, 0.15) is 62.2 Å². The summed E-state index contributed by atoms with van der Waals surface area (Å²) >= 11 is 1.48. The highest BCUT2D eigenvalue weighted by Crippen LogP contribution is 2.45. The number of rotatable bonds is 7. The molecular formula is C20H22N4O2S. The Labute approximate surface area is 161 Å². The Bertz CT molecular complexity index is 954. The van der Waals surface area contributed by atoms with Crippen LogP contribution in [0.4, 0.5) is 0 Å². The number of hydrogen-bond donors (Lipinski definition) is 1. The highest BCUT2D eigenvalue weighted by Gasteiger charge is 2.36. The fourth-order valence-corrected chi connectivity index (χ4v) is 4.21. The molecule has 1 aromatic carbocycles. The average Bonchev–Trinajstić information content (AvgIpc) is 3.60. The lowest BCUT2D eigenvalue weighted by atomic mass is 10.2. The molecular weight excluding hydrogens is 360 g/mol. The molecule has 2 aliphatic carbocycles. The number of nitrogens with one attached hydrogen (secondary N) is 1. The van der Waals surface area contributed by atoms with Crippen LogP contribution < -0.4 is 5.32 Å². The number of nitrogens with zero attached hydrogens (tertiary/aromatic N) is 3. The van der Waals surface area contributed by atoms with Gasteiger partial charge >= 0.3 is 0 Å². The molecule has 1 amide bonds. The van der Waals surface area contributed by atoms with Gasteiger partial charge in [-0.2, -0.15) is 0 Å². The first-order valence-electron chi connectivity index (χ1n) is 9.54. The zero-order valence-corrected chi connectivity index (χ0v) is 16.0. The van der Waals surface area contributed by atoms with Gasteiger partial charge in [0.25, 0.3) is 0 Å². The van der Waals surface area contributed by atoms with E-state index in [1.54, 1.807) is 0 Å². The molecule has 140 valence electrons. The van der Waals surface area contributed by atoms with Crippen molar-refractivity contribution < 1.29 is 9.21 Å². The highest BCUT2D eigenvalue weighted by atomic mass is 32.2. The molecule has 2 aromatic heterocycles. The number of fused-ring (bicyclic) bond motifs is 1. The minimum absolute atomic E-state index is 0.0220. The van der Waals surface area contributed by atoms with E-state index in [4.69, 9.17) is 4.42 Å². The predicted molar refractivity (Wildman–Crippen MR) is 104 cm³/mol. The zero-order valence-electron chi connectivity index (χ0n) is 15.2. The lowest BCUT2D eigenvalue weighted by molar-refractivity contribution is -0.119. The van der Waals surface area contributed by atoms with Crippen LogP contribution in [0.25, 0.3) is 11.0 Å². The van der Waals surface area contributed by atoms with Crippen LogP contribution >= 0.6 is 11.8 Å². The largest absolute Gasteiger partial charge is 0.459 e. The summed E-state index contributed by atoms with van der Waals surface area (Å²) < 4.78 is 8.12. The number of para-hydroxylation sites is 1. The van der Waals surface area contributed by atoms with Crippen molar-refractivity contribution in [2.75, 3.05) is 5.75 Å². The van der Waals surface area contributed by atoms with Crippen LogP contribution in [0.5, 0.6) is 0 Å². The van der Waals surface area contributed by atoms with Gasteiger partial charge in [-0.3, -0.25) is 4.79 Å². The summed E-state index contributed by atoms with van der Waals surface area (Å²) in [6, 6.07) is 10.2. The Kier molecular flexibility index (Phi) is 4.19. The van der Waals surface area contributed by atoms with Crippen LogP contribution in [0.2, 0.25) is 0 Å². The fraction of sp³-hybridized carbons (Fsp3) is 0.450. The number of furan rings is 1. The molecule has 1 atom stereocenters. The molecule has 0 saturated heterocycles. The number of amides is 1. The summed E-state index contributed by atoms with van der Waals surface area (Å²) in [7, 11) is 0. The maximum Gasteiger partial charge on any atom is 0.231 e. The van der Waals surface area contributed by atoms with Gasteiger partial charge < -0.3 is 14.3 Å². The van der Waals surface area contributed by atoms with Crippen molar-refractivity contribution in [1.29, 1.82) is 0 Å². The smallest absolute Gasteiger partial charge is 0.231 e. The number of aromatic nitrogens is 3. The van der Waals surface area contributed by atoms with Gasteiger partial charge in [0, 0.05) is 17.3 Å². The van der Waals surface area contributed by atoms with E-state index in [2.05, 4.69) is 20.1 Å². The van der Waals surface area contributed by atoms with Crippen molar-refractivity contribution in [2.45, 2.75) is 55.8 Å². The Hall–Kier alpha value is -2.28. The molecule has 3 aromatic rings. The van der Waals surface area contributed by atoms with Crippen LogP contribution in [0.15, 0.2) is 39.9 Å². The summed E-state index contributed by atoms with van der Waals surface area (Å²) in [6.07, 6.45) is 4.82. The summed E-state index contributed by atoms with van der Waals surface area (Å²) in [4.78, 5) is 12.4. The topological polar surface area (TPSA) is 73.0 Å². The quantitative estimate of drug-likeness (QED) is 0.620. The van der Waals surface area contributed by atoms with E-state index in [1.165, 1.54) is 37.4 Å². The molecule has 2 fully saturated rings. The Morgan fingerprint density at radius 3 is 2.85 bits per heavy atom.